The van der Waals surface area contributed by atoms with Crippen LogP contribution in [0.5, 0.6) is 0 Å². The standard InChI is InChI=1S/C22H26N4O6/c1-12(21(31)26-17(20(23)30)10-11-18(28)29)24-22(32)19(25-13(2)27)16-9-5-7-14-6-3-4-8-15(14)16/h3-9,12,17,19H,10-11H2,1-2H3,(H2,23,30)(H,24,32)(H,25,27)(H,26,31)(H,28,29). The average molecular weight is 442 g/mol. The predicted molar refractivity (Wildman–Crippen MR) is 116 cm³/mol. The molecule has 0 aliphatic carbocycles. The van der Waals surface area contributed by atoms with Crippen molar-refractivity contribution < 1.29 is 29.1 Å². The van der Waals surface area contributed by atoms with Crippen LogP contribution in [0.3, 0.4) is 0 Å². The van der Waals surface area contributed by atoms with Crippen LogP contribution >= 0.6 is 0 Å². The van der Waals surface area contributed by atoms with Gasteiger partial charge in [0.05, 0.1) is 0 Å². The summed E-state index contributed by atoms with van der Waals surface area (Å²) < 4.78 is 0. The SMILES string of the molecule is CC(=O)NC(C(=O)NC(C)C(=O)NC(CCC(=O)O)C(N)=O)c1cccc2ccccc12. The van der Waals surface area contributed by atoms with E-state index in [2.05, 4.69) is 16.0 Å². The molecule has 6 N–H and O–H groups in total. The Bertz CT molecular complexity index is 1030. The zero-order valence-corrected chi connectivity index (χ0v) is 17.8. The molecule has 0 heterocycles. The first-order valence-corrected chi connectivity index (χ1v) is 9.96. The van der Waals surface area contributed by atoms with Gasteiger partial charge in [0.15, 0.2) is 0 Å². The van der Waals surface area contributed by atoms with Gasteiger partial charge in [0, 0.05) is 13.3 Å². The Hall–Kier alpha value is -3.95. The number of hydrogen-bond acceptors (Lipinski definition) is 5. The van der Waals surface area contributed by atoms with E-state index < -0.39 is 47.7 Å². The van der Waals surface area contributed by atoms with Crippen molar-refractivity contribution in [2.45, 2.75) is 44.8 Å². The van der Waals surface area contributed by atoms with Gasteiger partial charge < -0.3 is 26.8 Å². The van der Waals surface area contributed by atoms with E-state index in [1.165, 1.54) is 13.8 Å². The zero-order valence-electron chi connectivity index (χ0n) is 17.8. The second-order valence-corrected chi connectivity index (χ2v) is 7.33. The highest BCUT2D eigenvalue weighted by Crippen LogP contribution is 2.24. The largest absolute Gasteiger partial charge is 0.481 e. The molecule has 0 saturated carbocycles. The fraction of sp³-hybridized carbons (Fsp3) is 0.318. The van der Waals surface area contributed by atoms with Crippen LogP contribution in [0.4, 0.5) is 0 Å². The summed E-state index contributed by atoms with van der Waals surface area (Å²) in [5, 5.41) is 17.9. The van der Waals surface area contributed by atoms with Crippen LogP contribution in [0.15, 0.2) is 42.5 Å². The molecule has 0 aliphatic rings. The van der Waals surface area contributed by atoms with E-state index in [-0.39, 0.29) is 12.8 Å². The van der Waals surface area contributed by atoms with Crippen molar-refractivity contribution in [3.05, 3.63) is 48.0 Å². The quantitative estimate of drug-likeness (QED) is 0.356. The third kappa shape index (κ3) is 6.53. The number of nitrogens with two attached hydrogens (primary N) is 1. The summed E-state index contributed by atoms with van der Waals surface area (Å²) in [4.78, 5) is 59.5. The molecule has 0 saturated heterocycles. The summed E-state index contributed by atoms with van der Waals surface area (Å²) in [7, 11) is 0. The van der Waals surface area contributed by atoms with Crippen molar-refractivity contribution in [3.63, 3.8) is 0 Å². The summed E-state index contributed by atoms with van der Waals surface area (Å²) >= 11 is 0. The molecule has 0 spiro atoms. The number of rotatable bonds is 10. The van der Waals surface area contributed by atoms with Crippen molar-refractivity contribution >= 4 is 40.4 Å². The van der Waals surface area contributed by atoms with Gasteiger partial charge in [0.1, 0.15) is 18.1 Å². The first kappa shape index (κ1) is 24.3. The summed E-state index contributed by atoms with van der Waals surface area (Å²) in [6.07, 6.45) is -0.540. The lowest BCUT2D eigenvalue weighted by Crippen LogP contribution is -2.53. The first-order chi connectivity index (χ1) is 15.1. The van der Waals surface area contributed by atoms with E-state index in [1.54, 1.807) is 12.1 Å². The molecule has 32 heavy (non-hydrogen) atoms. The maximum atomic E-state index is 13.0. The van der Waals surface area contributed by atoms with E-state index in [4.69, 9.17) is 10.8 Å². The van der Waals surface area contributed by atoms with Crippen molar-refractivity contribution in [1.82, 2.24) is 16.0 Å². The van der Waals surface area contributed by atoms with Crippen LogP contribution in [0, 0.1) is 0 Å². The van der Waals surface area contributed by atoms with Crippen molar-refractivity contribution in [3.8, 4) is 0 Å². The van der Waals surface area contributed by atoms with Crippen LogP contribution in [0.25, 0.3) is 10.8 Å². The highest BCUT2D eigenvalue weighted by atomic mass is 16.4. The molecule has 10 heteroatoms. The highest BCUT2D eigenvalue weighted by molar-refractivity contribution is 5.97. The summed E-state index contributed by atoms with van der Waals surface area (Å²) in [5.41, 5.74) is 5.78. The van der Waals surface area contributed by atoms with Crippen LogP contribution in [-0.2, 0) is 24.0 Å². The summed E-state index contributed by atoms with van der Waals surface area (Å²) in [6, 6.07) is 9.37. The summed E-state index contributed by atoms with van der Waals surface area (Å²) in [6.45, 7) is 2.68. The number of primary amides is 1. The topological polar surface area (TPSA) is 168 Å². The van der Waals surface area contributed by atoms with Gasteiger partial charge in [-0.2, -0.15) is 0 Å². The molecule has 0 aliphatic heterocycles. The zero-order chi connectivity index (χ0) is 23.8. The molecule has 2 rings (SSSR count). The molecule has 2 aromatic rings. The van der Waals surface area contributed by atoms with Gasteiger partial charge in [-0.15, -0.1) is 0 Å². The lowest BCUT2D eigenvalue weighted by Gasteiger charge is -2.23. The monoisotopic (exact) mass is 442 g/mol. The van der Waals surface area contributed by atoms with Gasteiger partial charge in [-0.05, 0) is 29.7 Å². The molecule has 3 atom stereocenters. The smallest absolute Gasteiger partial charge is 0.303 e. The second-order valence-electron chi connectivity index (χ2n) is 7.33. The normalized spacial score (nSPS) is 13.4. The first-order valence-electron chi connectivity index (χ1n) is 9.96. The number of carbonyl (C=O) groups is 5. The minimum absolute atomic E-state index is 0.179. The fourth-order valence-electron chi connectivity index (χ4n) is 3.20. The number of fused-ring (bicyclic) bond motifs is 1. The van der Waals surface area contributed by atoms with Crippen LogP contribution in [-0.4, -0.2) is 46.8 Å². The minimum atomic E-state index is -1.19. The number of hydrogen-bond donors (Lipinski definition) is 5. The average Bonchev–Trinajstić information content (AvgIpc) is 2.73. The van der Waals surface area contributed by atoms with Crippen LogP contribution in [0.2, 0.25) is 0 Å². The van der Waals surface area contributed by atoms with E-state index in [0.29, 0.717) is 5.56 Å². The molecular formula is C22H26N4O6. The molecule has 0 radical (unpaired) electrons. The van der Waals surface area contributed by atoms with Gasteiger partial charge in [0.25, 0.3) is 0 Å². The Balaban J connectivity index is 2.18. The van der Waals surface area contributed by atoms with Gasteiger partial charge in [0.2, 0.25) is 23.6 Å². The third-order valence-corrected chi connectivity index (χ3v) is 4.80. The van der Waals surface area contributed by atoms with Gasteiger partial charge >= 0.3 is 5.97 Å². The molecule has 10 nitrogen and oxygen atoms in total. The lowest BCUT2D eigenvalue weighted by molar-refractivity contribution is -0.138. The lowest BCUT2D eigenvalue weighted by atomic mass is 9.97. The maximum Gasteiger partial charge on any atom is 0.303 e. The van der Waals surface area contributed by atoms with Crippen molar-refractivity contribution in [1.29, 1.82) is 0 Å². The third-order valence-electron chi connectivity index (χ3n) is 4.80. The number of benzene rings is 2. The van der Waals surface area contributed by atoms with E-state index in [0.717, 1.165) is 10.8 Å². The van der Waals surface area contributed by atoms with Crippen molar-refractivity contribution in [2.75, 3.05) is 0 Å². The number of nitrogens with one attached hydrogen (secondary N) is 3. The molecule has 4 amide bonds. The van der Waals surface area contributed by atoms with Crippen molar-refractivity contribution in [2.24, 2.45) is 5.73 Å². The van der Waals surface area contributed by atoms with Crippen LogP contribution < -0.4 is 21.7 Å². The number of carboxylic acid groups (broad SMARTS) is 1. The van der Waals surface area contributed by atoms with Crippen LogP contribution in [0.1, 0.15) is 38.3 Å². The molecule has 3 unspecified atom stereocenters. The fourth-order valence-corrected chi connectivity index (χ4v) is 3.20. The van der Waals surface area contributed by atoms with Gasteiger partial charge in [-0.1, -0.05) is 42.5 Å². The number of carboxylic acids is 1. The number of carbonyl (C=O) groups excluding carboxylic acids is 4. The number of amides is 4. The second kappa shape index (κ2) is 10.9. The Kier molecular flexibility index (Phi) is 8.28. The molecule has 2 aromatic carbocycles. The van der Waals surface area contributed by atoms with E-state index in [1.807, 2.05) is 30.3 Å². The predicted octanol–water partition coefficient (Wildman–Crippen LogP) is 0.357. The Morgan fingerprint density at radius 1 is 0.938 bits per heavy atom. The molecule has 0 bridgehead atoms. The molecular weight excluding hydrogens is 416 g/mol. The van der Waals surface area contributed by atoms with Gasteiger partial charge in [-0.3, -0.25) is 24.0 Å². The summed E-state index contributed by atoms with van der Waals surface area (Å²) in [5.74, 6) is -3.80. The molecule has 0 fully saturated rings. The Morgan fingerprint density at radius 2 is 1.59 bits per heavy atom. The molecule has 170 valence electrons. The van der Waals surface area contributed by atoms with E-state index in [9.17, 15) is 24.0 Å². The Morgan fingerprint density at radius 3 is 2.22 bits per heavy atom. The highest BCUT2D eigenvalue weighted by Gasteiger charge is 2.28. The van der Waals surface area contributed by atoms with Gasteiger partial charge in [-0.25, -0.2) is 0 Å². The minimum Gasteiger partial charge on any atom is -0.481 e. The maximum absolute atomic E-state index is 13.0. The molecule has 0 aromatic heterocycles. The van der Waals surface area contributed by atoms with E-state index >= 15 is 0 Å². The Labute approximate surface area is 184 Å². The number of aliphatic carboxylic acids is 1.